The molecule has 1 aliphatic rings. The maximum atomic E-state index is 12.8. The Labute approximate surface area is 170 Å². The summed E-state index contributed by atoms with van der Waals surface area (Å²) in [6.45, 7) is 0. The predicted molar refractivity (Wildman–Crippen MR) is 116 cm³/mol. The molecular weight excluding hydrogens is 384 g/mol. The molecule has 1 N–H and O–H groups in total. The fourth-order valence-corrected chi connectivity index (χ4v) is 4.25. The number of anilines is 2. The Morgan fingerprint density at radius 1 is 0.966 bits per heavy atom. The number of fused-ring (bicyclic) bond motifs is 3. The van der Waals surface area contributed by atoms with Crippen LogP contribution in [0.5, 0.6) is 0 Å². The number of hydrogen-bond donors (Lipinski definition) is 1. The summed E-state index contributed by atoms with van der Waals surface area (Å²) in [6, 6.07) is 21.2. The van der Waals surface area contributed by atoms with Crippen LogP contribution < -0.4 is 10.3 Å². The van der Waals surface area contributed by atoms with Crippen molar-refractivity contribution in [3.8, 4) is 0 Å². The van der Waals surface area contributed by atoms with Crippen molar-refractivity contribution in [2.24, 2.45) is 5.10 Å². The van der Waals surface area contributed by atoms with Crippen LogP contribution in [0, 0.1) is 0 Å². The molecule has 29 heavy (non-hydrogen) atoms. The zero-order valence-electron chi connectivity index (χ0n) is 15.3. The van der Waals surface area contributed by atoms with Gasteiger partial charge in [0.1, 0.15) is 5.71 Å². The van der Waals surface area contributed by atoms with E-state index in [0.29, 0.717) is 23.0 Å². The number of nitrogens with one attached hydrogen (secondary N) is 1. The third-order valence-electron chi connectivity index (χ3n) is 4.80. The number of nitrogens with zero attached hydrogens (tertiary/aromatic N) is 3. The molecule has 1 aliphatic heterocycles. The van der Waals surface area contributed by atoms with Crippen LogP contribution in [0.3, 0.4) is 0 Å². The van der Waals surface area contributed by atoms with Crippen molar-refractivity contribution in [3.05, 3.63) is 66.7 Å². The molecule has 4 aromatic rings. The summed E-state index contributed by atoms with van der Waals surface area (Å²) in [6.07, 6.45) is 0.549. The maximum absolute atomic E-state index is 12.8. The maximum Gasteiger partial charge on any atom is 0.273 e. The number of thiazole rings is 1. The molecule has 6 nitrogen and oxygen atoms in total. The highest BCUT2D eigenvalue weighted by molar-refractivity contribution is 7.22. The Morgan fingerprint density at radius 2 is 1.76 bits per heavy atom. The lowest BCUT2D eigenvalue weighted by Gasteiger charge is -2.22. The van der Waals surface area contributed by atoms with Gasteiger partial charge in [-0.2, -0.15) is 5.10 Å². The van der Waals surface area contributed by atoms with Crippen molar-refractivity contribution in [2.45, 2.75) is 12.8 Å². The molecule has 7 heteroatoms. The van der Waals surface area contributed by atoms with E-state index >= 15 is 0 Å². The Kier molecular flexibility index (Phi) is 4.29. The number of aromatic nitrogens is 1. The van der Waals surface area contributed by atoms with Gasteiger partial charge in [-0.3, -0.25) is 14.9 Å². The van der Waals surface area contributed by atoms with Crippen LogP contribution in [-0.4, -0.2) is 22.5 Å². The van der Waals surface area contributed by atoms with Crippen molar-refractivity contribution >= 4 is 60.7 Å². The first-order valence-electron chi connectivity index (χ1n) is 9.24. The molecule has 0 radical (unpaired) electrons. The van der Waals surface area contributed by atoms with Crippen LogP contribution in [0.4, 0.5) is 10.8 Å². The van der Waals surface area contributed by atoms with Crippen LogP contribution in [0.2, 0.25) is 0 Å². The number of carbonyl (C=O) groups excluding carboxylic acids is 2. The predicted octanol–water partition coefficient (Wildman–Crippen LogP) is 4.57. The fraction of sp³-hybridized carbons (Fsp3) is 0.0909. The molecule has 0 aliphatic carbocycles. The third kappa shape index (κ3) is 3.25. The fourth-order valence-electron chi connectivity index (χ4n) is 3.37. The first-order valence-corrected chi connectivity index (χ1v) is 10.1. The quantitative estimate of drug-likeness (QED) is 0.547. The highest BCUT2D eigenvalue weighted by Crippen LogP contribution is 2.31. The molecule has 0 saturated carbocycles. The van der Waals surface area contributed by atoms with Gasteiger partial charge in [-0.15, -0.1) is 0 Å². The standard InChI is InChI=1S/C22H16N4O2S/c27-19-13-11-17(25-26(19)15-7-2-1-3-8-15)21(28)24-22-23-20-16-9-5-4-6-14(16)10-12-18(20)29-22/h1-10,12H,11,13H2,(H,23,24,28). The smallest absolute Gasteiger partial charge is 0.273 e. The summed E-state index contributed by atoms with van der Waals surface area (Å²) in [4.78, 5) is 29.6. The molecule has 0 spiro atoms. The largest absolute Gasteiger partial charge is 0.297 e. The first kappa shape index (κ1) is 17.5. The Balaban J connectivity index is 1.44. The van der Waals surface area contributed by atoms with Gasteiger partial charge in [-0.25, -0.2) is 9.99 Å². The van der Waals surface area contributed by atoms with Gasteiger partial charge in [0.2, 0.25) is 5.91 Å². The van der Waals surface area contributed by atoms with Crippen molar-refractivity contribution in [3.63, 3.8) is 0 Å². The van der Waals surface area contributed by atoms with Crippen LogP contribution >= 0.6 is 11.3 Å². The van der Waals surface area contributed by atoms with E-state index < -0.39 is 0 Å². The zero-order valence-corrected chi connectivity index (χ0v) is 16.1. The van der Waals surface area contributed by atoms with Gasteiger partial charge < -0.3 is 0 Å². The number of hydrazone groups is 1. The molecule has 3 aromatic carbocycles. The average molecular weight is 400 g/mol. The number of benzene rings is 3. The van der Waals surface area contributed by atoms with Gasteiger partial charge in [0, 0.05) is 18.2 Å². The number of para-hydroxylation sites is 1. The summed E-state index contributed by atoms with van der Waals surface area (Å²) in [5.74, 6) is -0.457. The molecule has 0 fully saturated rings. The van der Waals surface area contributed by atoms with Crippen molar-refractivity contribution in [1.82, 2.24) is 4.98 Å². The molecule has 5 rings (SSSR count). The zero-order chi connectivity index (χ0) is 19.8. The van der Waals surface area contributed by atoms with Gasteiger partial charge in [-0.05, 0) is 23.6 Å². The number of rotatable bonds is 3. The van der Waals surface area contributed by atoms with Gasteiger partial charge in [-0.1, -0.05) is 59.9 Å². The van der Waals surface area contributed by atoms with E-state index in [1.807, 2.05) is 48.5 Å². The number of hydrogen-bond acceptors (Lipinski definition) is 5. The lowest BCUT2D eigenvalue weighted by Crippen LogP contribution is -2.36. The molecule has 0 unspecified atom stereocenters. The minimum absolute atomic E-state index is 0.126. The van der Waals surface area contributed by atoms with Gasteiger partial charge in [0.15, 0.2) is 5.13 Å². The second-order valence-electron chi connectivity index (χ2n) is 6.69. The Bertz CT molecular complexity index is 1280. The van der Waals surface area contributed by atoms with Crippen molar-refractivity contribution in [1.29, 1.82) is 0 Å². The molecule has 2 heterocycles. The van der Waals surface area contributed by atoms with E-state index in [1.54, 1.807) is 12.1 Å². The van der Waals surface area contributed by atoms with Crippen molar-refractivity contribution < 1.29 is 9.59 Å². The van der Waals surface area contributed by atoms with E-state index in [1.165, 1.54) is 16.3 Å². The van der Waals surface area contributed by atoms with Crippen LogP contribution in [0.25, 0.3) is 21.0 Å². The molecule has 2 amide bonds. The minimum atomic E-state index is -0.332. The van der Waals surface area contributed by atoms with Crippen LogP contribution in [0.15, 0.2) is 71.8 Å². The second kappa shape index (κ2) is 7.10. The van der Waals surface area contributed by atoms with E-state index in [-0.39, 0.29) is 18.2 Å². The molecule has 0 saturated heterocycles. The Morgan fingerprint density at radius 3 is 2.62 bits per heavy atom. The van der Waals surface area contributed by atoms with Crippen LogP contribution in [0.1, 0.15) is 12.8 Å². The molecular formula is C22H16N4O2S. The second-order valence-corrected chi connectivity index (χ2v) is 7.73. The molecule has 1 aromatic heterocycles. The monoisotopic (exact) mass is 400 g/mol. The van der Waals surface area contributed by atoms with E-state index in [9.17, 15) is 9.59 Å². The van der Waals surface area contributed by atoms with Gasteiger partial charge in [0.05, 0.1) is 15.9 Å². The molecule has 142 valence electrons. The SMILES string of the molecule is O=C(Nc1nc2c(ccc3ccccc32)s1)C1=NN(c2ccccc2)C(=O)CC1. The Hall–Kier alpha value is -3.58. The summed E-state index contributed by atoms with van der Waals surface area (Å²) >= 11 is 1.42. The van der Waals surface area contributed by atoms with E-state index in [2.05, 4.69) is 21.5 Å². The molecule has 0 atom stereocenters. The molecule has 0 bridgehead atoms. The van der Waals surface area contributed by atoms with Gasteiger partial charge in [0.25, 0.3) is 5.91 Å². The van der Waals surface area contributed by atoms with Crippen LogP contribution in [-0.2, 0) is 9.59 Å². The van der Waals surface area contributed by atoms with E-state index in [0.717, 1.165) is 21.0 Å². The summed E-state index contributed by atoms with van der Waals surface area (Å²) < 4.78 is 1.01. The normalized spacial score (nSPS) is 14.3. The average Bonchev–Trinajstić information content (AvgIpc) is 3.17. The van der Waals surface area contributed by atoms with Gasteiger partial charge >= 0.3 is 0 Å². The highest BCUT2D eigenvalue weighted by Gasteiger charge is 2.26. The number of carbonyl (C=O) groups is 2. The lowest BCUT2D eigenvalue weighted by molar-refractivity contribution is -0.118. The lowest BCUT2D eigenvalue weighted by atomic mass is 10.1. The third-order valence-corrected chi connectivity index (χ3v) is 5.74. The highest BCUT2D eigenvalue weighted by atomic mass is 32.1. The van der Waals surface area contributed by atoms with E-state index in [4.69, 9.17) is 0 Å². The summed E-state index contributed by atoms with van der Waals surface area (Å²) in [7, 11) is 0. The van der Waals surface area contributed by atoms with Crippen molar-refractivity contribution in [2.75, 3.05) is 10.3 Å². The summed E-state index contributed by atoms with van der Waals surface area (Å²) in [5, 5.41) is 11.1. The number of amides is 2. The first-order chi connectivity index (χ1) is 14.2. The minimum Gasteiger partial charge on any atom is -0.297 e. The summed E-state index contributed by atoms with van der Waals surface area (Å²) in [5.41, 5.74) is 1.83. The topological polar surface area (TPSA) is 74.7 Å².